The Morgan fingerprint density at radius 3 is 2.52 bits per heavy atom. The van der Waals surface area contributed by atoms with Crippen molar-refractivity contribution >= 4 is 11.6 Å². The molecule has 5 heteroatoms. The number of halogens is 1. The molecule has 2 N–H and O–H groups in total. The Bertz CT molecular complexity index is 534. The Balaban J connectivity index is 1.72. The number of nitrogens with zero attached hydrogens (tertiary/aromatic N) is 1. The van der Waals surface area contributed by atoms with Crippen LogP contribution in [0.5, 0.6) is 5.75 Å². The molecule has 2 aromatic rings. The number of ether oxygens (including phenoxy) is 1. The average Bonchev–Trinajstić information content (AvgIpc) is 2.53. The van der Waals surface area contributed by atoms with Crippen molar-refractivity contribution in [2.45, 2.75) is 19.1 Å². The van der Waals surface area contributed by atoms with E-state index in [0.29, 0.717) is 17.3 Å². The Kier molecular flexibility index (Phi) is 5.99. The van der Waals surface area contributed by atoms with E-state index in [1.807, 2.05) is 19.1 Å². The number of aromatic nitrogens is 1. The lowest BCUT2D eigenvalue weighted by Crippen LogP contribution is -2.33. The van der Waals surface area contributed by atoms with Crippen LogP contribution in [-0.4, -0.2) is 29.3 Å². The molecule has 0 aliphatic rings. The van der Waals surface area contributed by atoms with E-state index in [2.05, 4.69) is 10.3 Å². The van der Waals surface area contributed by atoms with Gasteiger partial charge in [0.05, 0.1) is 0 Å². The first-order chi connectivity index (χ1) is 10.1. The van der Waals surface area contributed by atoms with Crippen molar-refractivity contribution in [3.63, 3.8) is 0 Å². The number of hydrogen-bond acceptors (Lipinski definition) is 4. The predicted octanol–water partition coefficient (Wildman–Crippen LogP) is 2.83. The zero-order chi connectivity index (χ0) is 15.1. The molecule has 112 valence electrons. The van der Waals surface area contributed by atoms with Gasteiger partial charge in [-0.25, -0.2) is 0 Å². The van der Waals surface area contributed by atoms with Crippen LogP contribution in [0.15, 0.2) is 48.8 Å². The molecular weight excluding hydrogens is 288 g/mol. The van der Waals surface area contributed by atoms with Crippen LogP contribution < -0.4 is 10.1 Å². The van der Waals surface area contributed by atoms with Crippen molar-refractivity contribution in [1.29, 1.82) is 0 Å². The van der Waals surface area contributed by atoms with Crippen LogP contribution in [0.3, 0.4) is 0 Å². The van der Waals surface area contributed by atoms with E-state index in [9.17, 15) is 5.11 Å². The van der Waals surface area contributed by atoms with E-state index in [0.717, 1.165) is 5.56 Å². The van der Waals surface area contributed by atoms with Gasteiger partial charge >= 0.3 is 0 Å². The Morgan fingerprint density at radius 2 is 1.86 bits per heavy atom. The maximum absolute atomic E-state index is 9.93. The first kappa shape index (κ1) is 15.8. The molecule has 0 bridgehead atoms. The molecule has 2 atom stereocenters. The minimum absolute atomic E-state index is 0.151. The van der Waals surface area contributed by atoms with Gasteiger partial charge in [-0.3, -0.25) is 4.98 Å². The number of nitrogens with one attached hydrogen (secondary N) is 1. The van der Waals surface area contributed by atoms with E-state index < -0.39 is 6.10 Å². The molecule has 0 amide bonds. The highest BCUT2D eigenvalue weighted by atomic mass is 35.5. The number of aliphatic hydroxyl groups excluding tert-OH is 1. The SMILES string of the molecule is C[C@@H](NCC(O)COc1ccc(Cl)cc1)c1ccncc1. The summed E-state index contributed by atoms with van der Waals surface area (Å²) in [5, 5.41) is 13.9. The van der Waals surface area contributed by atoms with Crippen LogP contribution in [0.1, 0.15) is 18.5 Å². The summed E-state index contributed by atoms with van der Waals surface area (Å²) in [5.41, 5.74) is 1.14. The number of aliphatic hydroxyl groups is 1. The molecule has 4 nitrogen and oxygen atoms in total. The fraction of sp³-hybridized carbons (Fsp3) is 0.312. The van der Waals surface area contributed by atoms with Crippen molar-refractivity contribution in [1.82, 2.24) is 10.3 Å². The van der Waals surface area contributed by atoms with Crippen LogP contribution in [-0.2, 0) is 0 Å². The van der Waals surface area contributed by atoms with E-state index in [4.69, 9.17) is 16.3 Å². The molecule has 1 heterocycles. The molecule has 0 fully saturated rings. The lowest BCUT2D eigenvalue weighted by molar-refractivity contribution is 0.104. The highest BCUT2D eigenvalue weighted by Crippen LogP contribution is 2.15. The second-order valence-corrected chi connectivity index (χ2v) is 5.27. The summed E-state index contributed by atoms with van der Waals surface area (Å²) in [5.74, 6) is 0.695. The van der Waals surface area contributed by atoms with Crippen molar-refractivity contribution in [3.05, 3.63) is 59.4 Å². The standard InChI is InChI=1S/C16H19ClN2O2/c1-12(13-6-8-18-9-7-13)19-10-15(20)11-21-16-4-2-14(17)3-5-16/h2-9,12,15,19-20H,10-11H2,1H3/t12-,15?/m1/s1. The zero-order valence-electron chi connectivity index (χ0n) is 11.9. The molecule has 0 spiro atoms. The summed E-state index contributed by atoms with van der Waals surface area (Å²) in [6.07, 6.45) is 2.94. The van der Waals surface area contributed by atoms with Gasteiger partial charge in [-0.2, -0.15) is 0 Å². The minimum Gasteiger partial charge on any atom is -0.491 e. The molecule has 0 aliphatic carbocycles. The van der Waals surface area contributed by atoms with Gasteiger partial charge in [0.25, 0.3) is 0 Å². The van der Waals surface area contributed by atoms with Crippen LogP contribution in [0.25, 0.3) is 0 Å². The first-order valence-corrected chi connectivity index (χ1v) is 7.22. The zero-order valence-corrected chi connectivity index (χ0v) is 12.6. The van der Waals surface area contributed by atoms with Gasteiger partial charge < -0.3 is 15.2 Å². The Morgan fingerprint density at radius 1 is 1.19 bits per heavy atom. The highest BCUT2D eigenvalue weighted by molar-refractivity contribution is 6.30. The minimum atomic E-state index is -0.579. The van der Waals surface area contributed by atoms with Crippen molar-refractivity contribution in [3.8, 4) is 5.75 Å². The number of benzene rings is 1. The number of rotatable bonds is 7. The summed E-state index contributed by atoms with van der Waals surface area (Å²) in [6, 6.07) is 11.1. The van der Waals surface area contributed by atoms with E-state index >= 15 is 0 Å². The van der Waals surface area contributed by atoms with Crippen LogP contribution in [0, 0.1) is 0 Å². The van der Waals surface area contributed by atoms with Crippen LogP contribution in [0.4, 0.5) is 0 Å². The summed E-state index contributed by atoms with van der Waals surface area (Å²) >= 11 is 5.80. The van der Waals surface area contributed by atoms with Gasteiger partial charge in [0.15, 0.2) is 0 Å². The third-order valence-corrected chi connectivity index (χ3v) is 3.37. The number of hydrogen-bond donors (Lipinski definition) is 2. The predicted molar refractivity (Wildman–Crippen MR) is 83.6 cm³/mol. The van der Waals surface area contributed by atoms with Crippen molar-refractivity contribution in [2.75, 3.05) is 13.2 Å². The molecule has 0 aliphatic heterocycles. The second kappa shape index (κ2) is 7.98. The quantitative estimate of drug-likeness (QED) is 0.826. The van der Waals surface area contributed by atoms with Gasteiger partial charge in [-0.15, -0.1) is 0 Å². The Labute approximate surface area is 129 Å². The lowest BCUT2D eigenvalue weighted by Gasteiger charge is -2.17. The maximum atomic E-state index is 9.93. The summed E-state index contributed by atoms with van der Waals surface area (Å²) < 4.78 is 5.50. The molecule has 1 aromatic heterocycles. The van der Waals surface area contributed by atoms with Crippen molar-refractivity contribution in [2.24, 2.45) is 0 Å². The van der Waals surface area contributed by atoms with Crippen LogP contribution in [0.2, 0.25) is 5.02 Å². The van der Waals surface area contributed by atoms with Gasteiger partial charge in [0.1, 0.15) is 18.5 Å². The first-order valence-electron chi connectivity index (χ1n) is 6.85. The molecular formula is C16H19ClN2O2. The molecule has 1 aromatic carbocycles. The fourth-order valence-corrected chi connectivity index (χ4v) is 1.99. The summed E-state index contributed by atoms with van der Waals surface area (Å²) in [4.78, 5) is 3.99. The third-order valence-electron chi connectivity index (χ3n) is 3.12. The molecule has 0 radical (unpaired) electrons. The normalized spacial score (nSPS) is 13.7. The monoisotopic (exact) mass is 306 g/mol. The lowest BCUT2D eigenvalue weighted by atomic mass is 10.1. The van der Waals surface area contributed by atoms with Gasteiger partial charge in [-0.1, -0.05) is 11.6 Å². The molecule has 1 unspecified atom stereocenters. The average molecular weight is 307 g/mol. The Hall–Kier alpha value is -1.62. The van der Waals surface area contributed by atoms with E-state index in [1.165, 1.54) is 0 Å². The van der Waals surface area contributed by atoms with Crippen molar-refractivity contribution < 1.29 is 9.84 Å². The highest BCUT2D eigenvalue weighted by Gasteiger charge is 2.09. The third kappa shape index (κ3) is 5.34. The van der Waals surface area contributed by atoms with Gasteiger partial charge in [0, 0.05) is 30.0 Å². The maximum Gasteiger partial charge on any atom is 0.119 e. The molecule has 0 saturated carbocycles. The topological polar surface area (TPSA) is 54.4 Å². The van der Waals surface area contributed by atoms with Crippen LogP contribution >= 0.6 is 11.6 Å². The molecule has 21 heavy (non-hydrogen) atoms. The largest absolute Gasteiger partial charge is 0.491 e. The summed E-state index contributed by atoms with van der Waals surface area (Å²) in [7, 11) is 0. The van der Waals surface area contributed by atoms with E-state index in [1.54, 1.807) is 36.7 Å². The van der Waals surface area contributed by atoms with E-state index in [-0.39, 0.29) is 12.6 Å². The molecule has 0 saturated heterocycles. The van der Waals surface area contributed by atoms with Gasteiger partial charge in [-0.05, 0) is 48.9 Å². The van der Waals surface area contributed by atoms with Gasteiger partial charge in [0.2, 0.25) is 0 Å². The molecule has 2 rings (SSSR count). The number of pyridine rings is 1. The second-order valence-electron chi connectivity index (χ2n) is 4.83. The smallest absolute Gasteiger partial charge is 0.119 e. The fourth-order valence-electron chi connectivity index (χ4n) is 1.86. The summed E-state index contributed by atoms with van der Waals surface area (Å²) in [6.45, 7) is 2.73.